The third-order valence-corrected chi connectivity index (χ3v) is 5.42. The second kappa shape index (κ2) is 9.13. The van der Waals surface area contributed by atoms with Crippen LogP contribution < -0.4 is 10.2 Å². The summed E-state index contributed by atoms with van der Waals surface area (Å²) < 4.78 is 0.766. The van der Waals surface area contributed by atoms with Crippen LogP contribution in [-0.2, 0) is 0 Å². The number of hydrogen-bond acceptors (Lipinski definition) is 5. The fourth-order valence-electron chi connectivity index (χ4n) is 3.41. The van der Waals surface area contributed by atoms with Gasteiger partial charge in [0.25, 0.3) is 5.91 Å². The van der Waals surface area contributed by atoms with Gasteiger partial charge >= 0.3 is 0 Å². The number of amides is 1. The molecule has 0 bridgehead atoms. The van der Waals surface area contributed by atoms with Gasteiger partial charge in [0, 0.05) is 41.2 Å². The highest BCUT2D eigenvalue weighted by atomic mass is 79.9. The molecule has 0 saturated carbocycles. The minimum atomic E-state index is -0.201. The summed E-state index contributed by atoms with van der Waals surface area (Å²) in [6, 6.07) is 13.4. The van der Waals surface area contributed by atoms with Gasteiger partial charge < -0.3 is 10.2 Å². The van der Waals surface area contributed by atoms with Crippen LogP contribution in [0.5, 0.6) is 0 Å². The van der Waals surface area contributed by atoms with E-state index in [4.69, 9.17) is 0 Å². The van der Waals surface area contributed by atoms with Gasteiger partial charge in [0.15, 0.2) is 5.82 Å². The lowest BCUT2D eigenvalue weighted by atomic mass is 10.1. The van der Waals surface area contributed by atoms with Gasteiger partial charge in [-0.25, -0.2) is 0 Å². The minimum absolute atomic E-state index is 0.201. The average molecular weight is 452 g/mol. The van der Waals surface area contributed by atoms with Crippen LogP contribution in [0.25, 0.3) is 11.3 Å². The molecule has 1 saturated heterocycles. The molecular weight excluding hydrogens is 430 g/mol. The monoisotopic (exact) mass is 451 g/mol. The Hall–Kier alpha value is -2.80. The second-order valence-electron chi connectivity index (χ2n) is 7.10. The first-order valence-corrected chi connectivity index (χ1v) is 10.6. The molecule has 7 heteroatoms. The van der Waals surface area contributed by atoms with Gasteiger partial charge in [0.05, 0.1) is 11.3 Å². The Labute approximate surface area is 178 Å². The number of carbonyl (C=O) groups is 1. The molecule has 4 rings (SSSR count). The first-order chi connectivity index (χ1) is 14.2. The molecule has 0 unspecified atom stereocenters. The minimum Gasteiger partial charge on any atom is -0.355 e. The number of aromatic nitrogens is 3. The van der Waals surface area contributed by atoms with E-state index in [-0.39, 0.29) is 5.91 Å². The maximum Gasteiger partial charge on any atom is 0.257 e. The molecule has 3 aromatic rings. The zero-order chi connectivity index (χ0) is 20.1. The predicted octanol–water partition coefficient (Wildman–Crippen LogP) is 4.93. The quantitative estimate of drug-likeness (QED) is 0.608. The Kier molecular flexibility index (Phi) is 6.14. The highest BCUT2D eigenvalue weighted by molar-refractivity contribution is 9.10. The van der Waals surface area contributed by atoms with Crippen LogP contribution >= 0.6 is 15.9 Å². The van der Waals surface area contributed by atoms with Crippen molar-refractivity contribution in [1.82, 2.24) is 15.2 Å². The standard InChI is InChI=1S/C22H22BrN5O/c23-18-13-17(14-24-15-18)22(29)25-19-7-5-16(6-8-19)20-9-10-21(27-26-20)28-11-3-1-2-4-12-28/h5-10,13-15H,1-4,11-12H2,(H,25,29). The summed E-state index contributed by atoms with van der Waals surface area (Å²) in [4.78, 5) is 18.7. The molecule has 1 N–H and O–H groups in total. The Morgan fingerprint density at radius 2 is 1.69 bits per heavy atom. The Balaban J connectivity index is 1.43. The fraction of sp³-hybridized carbons (Fsp3) is 0.273. The molecule has 29 heavy (non-hydrogen) atoms. The number of nitrogens with one attached hydrogen (secondary N) is 1. The fourth-order valence-corrected chi connectivity index (χ4v) is 3.78. The lowest BCUT2D eigenvalue weighted by Crippen LogP contribution is -2.25. The van der Waals surface area contributed by atoms with E-state index in [0.29, 0.717) is 11.3 Å². The van der Waals surface area contributed by atoms with Crippen LogP contribution in [-0.4, -0.2) is 34.2 Å². The number of hydrogen-bond donors (Lipinski definition) is 1. The van der Waals surface area contributed by atoms with Gasteiger partial charge in [0.2, 0.25) is 0 Å². The van der Waals surface area contributed by atoms with Crippen molar-refractivity contribution in [3.05, 3.63) is 64.9 Å². The summed E-state index contributed by atoms with van der Waals surface area (Å²) in [6.07, 6.45) is 8.20. The number of nitrogens with zero attached hydrogens (tertiary/aromatic N) is 4. The van der Waals surface area contributed by atoms with E-state index in [1.165, 1.54) is 31.9 Å². The van der Waals surface area contributed by atoms with E-state index in [1.54, 1.807) is 12.3 Å². The van der Waals surface area contributed by atoms with Gasteiger partial charge in [0.1, 0.15) is 0 Å². The van der Waals surface area contributed by atoms with Gasteiger partial charge in [-0.15, -0.1) is 10.2 Å². The molecule has 1 aliphatic heterocycles. The van der Waals surface area contributed by atoms with Crippen molar-refractivity contribution < 1.29 is 4.79 Å². The molecule has 2 aromatic heterocycles. The normalized spacial score (nSPS) is 14.3. The van der Waals surface area contributed by atoms with Crippen LogP contribution in [0.3, 0.4) is 0 Å². The van der Waals surface area contributed by atoms with Crippen molar-refractivity contribution in [2.24, 2.45) is 0 Å². The van der Waals surface area contributed by atoms with E-state index >= 15 is 0 Å². The average Bonchev–Trinajstić information content (AvgIpc) is 3.04. The summed E-state index contributed by atoms with van der Waals surface area (Å²) >= 11 is 3.33. The molecule has 0 aliphatic carbocycles. The van der Waals surface area contributed by atoms with Gasteiger partial charge in [-0.05, 0) is 59.1 Å². The molecule has 0 radical (unpaired) electrons. The molecule has 1 aliphatic rings. The molecule has 3 heterocycles. The highest BCUT2D eigenvalue weighted by Crippen LogP contribution is 2.22. The van der Waals surface area contributed by atoms with Crippen LogP contribution in [0, 0.1) is 0 Å². The largest absolute Gasteiger partial charge is 0.355 e. The lowest BCUT2D eigenvalue weighted by molar-refractivity contribution is 0.102. The third-order valence-electron chi connectivity index (χ3n) is 4.99. The van der Waals surface area contributed by atoms with Crippen LogP contribution in [0.2, 0.25) is 0 Å². The molecule has 6 nitrogen and oxygen atoms in total. The van der Waals surface area contributed by atoms with Crippen LogP contribution in [0.15, 0.2) is 59.3 Å². The zero-order valence-electron chi connectivity index (χ0n) is 16.0. The van der Waals surface area contributed by atoms with Gasteiger partial charge in [-0.1, -0.05) is 25.0 Å². The maximum atomic E-state index is 12.3. The molecule has 1 amide bonds. The Morgan fingerprint density at radius 3 is 2.34 bits per heavy atom. The van der Waals surface area contributed by atoms with Crippen molar-refractivity contribution in [2.75, 3.05) is 23.3 Å². The van der Waals surface area contributed by atoms with E-state index in [2.05, 4.69) is 41.3 Å². The van der Waals surface area contributed by atoms with Crippen molar-refractivity contribution in [2.45, 2.75) is 25.7 Å². The molecule has 0 atom stereocenters. The number of benzene rings is 1. The number of carbonyl (C=O) groups excluding carboxylic acids is 1. The topological polar surface area (TPSA) is 71.0 Å². The number of pyridine rings is 1. The summed E-state index contributed by atoms with van der Waals surface area (Å²) in [5, 5.41) is 11.7. The maximum absolute atomic E-state index is 12.3. The lowest BCUT2D eigenvalue weighted by Gasteiger charge is -2.20. The van der Waals surface area contributed by atoms with E-state index in [9.17, 15) is 4.79 Å². The highest BCUT2D eigenvalue weighted by Gasteiger charge is 2.12. The molecule has 0 spiro atoms. The SMILES string of the molecule is O=C(Nc1ccc(-c2ccc(N3CCCCCC3)nn2)cc1)c1cncc(Br)c1. The van der Waals surface area contributed by atoms with Gasteiger partial charge in [-0.2, -0.15) is 0 Å². The smallest absolute Gasteiger partial charge is 0.257 e. The van der Waals surface area contributed by atoms with Crippen molar-refractivity contribution >= 4 is 33.3 Å². The van der Waals surface area contributed by atoms with E-state index < -0.39 is 0 Å². The molecule has 1 aromatic carbocycles. The van der Waals surface area contributed by atoms with Crippen LogP contribution in [0.4, 0.5) is 11.5 Å². The van der Waals surface area contributed by atoms with Crippen molar-refractivity contribution in [1.29, 1.82) is 0 Å². The molecule has 1 fully saturated rings. The Morgan fingerprint density at radius 1 is 0.931 bits per heavy atom. The molecule has 148 valence electrons. The first-order valence-electron chi connectivity index (χ1n) is 9.80. The zero-order valence-corrected chi connectivity index (χ0v) is 17.6. The first kappa shape index (κ1) is 19.5. The summed E-state index contributed by atoms with van der Waals surface area (Å²) in [6.45, 7) is 2.10. The van der Waals surface area contributed by atoms with Crippen molar-refractivity contribution in [3.63, 3.8) is 0 Å². The molecular formula is C22H22BrN5O. The van der Waals surface area contributed by atoms with Gasteiger partial charge in [-0.3, -0.25) is 9.78 Å². The summed E-state index contributed by atoms with van der Waals surface area (Å²) in [5.41, 5.74) is 2.99. The third kappa shape index (κ3) is 4.98. The van der Waals surface area contributed by atoms with E-state index in [1.807, 2.05) is 36.4 Å². The number of anilines is 2. The summed E-state index contributed by atoms with van der Waals surface area (Å²) in [7, 11) is 0. The van der Waals surface area contributed by atoms with Crippen LogP contribution in [0.1, 0.15) is 36.0 Å². The predicted molar refractivity (Wildman–Crippen MR) is 118 cm³/mol. The second-order valence-corrected chi connectivity index (χ2v) is 8.02. The van der Waals surface area contributed by atoms with E-state index in [0.717, 1.165) is 34.6 Å². The number of rotatable bonds is 4. The Bertz CT molecular complexity index is 967. The number of halogens is 1. The summed E-state index contributed by atoms with van der Waals surface area (Å²) in [5.74, 6) is 0.746. The van der Waals surface area contributed by atoms with Crippen molar-refractivity contribution in [3.8, 4) is 11.3 Å².